The molecule has 0 spiro atoms. The van der Waals surface area contributed by atoms with Crippen LogP contribution in [0.2, 0.25) is 10.0 Å². The van der Waals surface area contributed by atoms with Crippen LogP contribution >= 0.6 is 35.4 Å². The summed E-state index contributed by atoms with van der Waals surface area (Å²) >= 11 is 17.0. The third kappa shape index (κ3) is 8.18. The number of halogens is 2. The highest BCUT2D eigenvalue weighted by Gasteiger charge is 2.10. The van der Waals surface area contributed by atoms with Crippen LogP contribution in [0.3, 0.4) is 0 Å². The third-order valence-corrected chi connectivity index (χ3v) is 4.48. The van der Waals surface area contributed by atoms with E-state index in [0.29, 0.717) is 46.7 Å². The average Bonchev–Trinajstić information content (AvgIpc) is 2.70. The number of carbonyl (C=O) groups is 2. The van der Waals surface area contributed by atoms with Crippen LogP contribution < -0.4 is 15.4 Å². The van der Waals surface area contributed by atoms with Crippen LogP contribution in [0, 0.1) is 0 Å². The van der Waals surface area contributed by atoms with E-state index in [-0.39, 0.29) is 17.4 Å². The topological polar surface area (TPSA) is 76.7 Å². The van der Waals surface area contributed by atoms with Gasteiger partial charge in [0.05, 0.1) is 23.8 Å². The Kier molecular flexibility index (Phi) is 9.86. The van der Waals surface area contributed by atoms with Crippen molar-refractivity contribution < 1.29 is 19.1 Å². The van der Waals surface area contributed by atoms with Crippen molar-refractivity contribution in [1.82, 2.24) is 5.32 Å². The van der Waals surface area contributed by atoms with Crippen LogP contribution in [0.5, 0.6) is 5.75 Å². The Bertz CT molecular complexity index is 908. The molecule has 0 saturated heterocycles. The summed E-state index contributed by atoms with van der Waals surface area (Å²) < 4.78 is 10.6. The zero-order valence-electron chi connectivity index (χ0n) is 16.4. The van der Waals surface area contributed by atoms with E-state index in [0.717, 1.165) is 6.42 Å². The van der Waals surface area contributed by atoms with Crippen LogP contribution in [-0.2, 0) is 9.53 Å². The van der Waals surface area contributed by atoms with Crippen molar-refractivity contribution in [1.29, 1.82) is 0 Å². The second kappa shape index (κ2) is 12.4. The number of nitrogens with one attached hydrogen (secondary N) is 2. The van der Waals surface area contributed by atoms with E-state index in [1.807, 2.05) is 6.92 Å². The summed E-state index contributed by atoms with van der Waals surface area (Å²) in [4.78, 5) is 24.0. The smallest absolute Gasteiger partial charge is 0.338 e. The number of benzene rings is 2. The summed E-state index contributed by atoms with van der Waals surface area (Å²) in [6, 6.07) is 11.6. The van der Waals surface area contributed by atoms with Gasteiger partial charge in [0.25, 0.3) is 0 Å². The first-order chi connectivity index (χ1) is 14.4. The van der Waals surface area contributed by atoms with E-state index in [9.17, 15) is 9.59 Å². The summed E-state index contributed by atoms with van der Waals surface area (Å²) in [6.45, 7) is 2.60. The number of thiocarbonyl (C=S) groups is 1. The zero-order chi connectivity index (χ0) is 21.9. The van der Waals surface area contributed by atoms with Crippen molar-refractivity contribution >= 4 is 58.1 Å². The van der Waals surface area contributed by atoms with Gasteiger partial charge >= 0.3 is 5.97 Å². The monoisotopic (exact) mass is 468 g/mol. The fourth-order valence-corrected chi connectivity index (χ4v) is 3.06. The molecule has 2 aromatic rings. The Labute approximate surface area is 190 Å². The van der Waals surface area contributed by atoms with Crippen molar-refractivity contribution in [2.45, 2.75) is 26.2 Å². The third-order valence-electron chi connectivity index (χ3n) is 3.75. The number of amides is 1. The van der Waals surface area contributed by atoms with Gasteiger partial charge in [-0.3, -0.25) is 4.79 Å². The molecule has 0 fully saturated rings. The first kappa shape index (κ1) is 23.9. The molecule has 160 valence electrons. The number of rotatable bonds is 9. The van der Waals surface area contributed by atoms with E-state index in [1.54, 1.807) is 42.5 Å². The first-order valence-electron chi connectivity index (χ1n) is 9.35. The van der Waals surface area contributed by atoms with E-state index >= 15 is 0 Å². The Morgan fingerprint density at radius 3 is 2.63 bits per heavy atom. The summed E-state index contributed by atoms with van der Waals surface area (Å²) in [5, 5.41) is 6.56. The first-order valence-corrected chi connectivity index (χ1v) is 10.5. The molecule has 0 unspecified atom stereocenters. The van der Waals surface area contributed by atoms with Gasteiger partial charge in [0, 0.05) is 17.1 Å². The van der Waals surface area contributed by atoms with Gasteiger partial charge in [0.15, 0.2) is 5.11 Å². The second-order valence-corrected chi connectivity index (χ2v) is 7.50. The van der Waals surface area contributed by atoms with Gasteiger partial charge in [-0.1, -0.05) is 36.2 Å². The summed E-state index contributed by atoms with van der Waals surface area (Å²) in [7, 11) is 0. The van der Waals surface area contributed by atoms with Crippen LogP contribution in [0.25, 0.3) is 0 Å². The predicted molar refractivity (Wildman–Crippen MR) is 123 cm³/mol. The minimum Gasteiger partial charge on any atom is -0.492 e. The average molecular weight is 469 g/mol. The van der Waals surface area contributed by atoms with Gasteiger partial charge in [-0.05, 0) is 61.5 Å². The number of hydrogen-bond donors (Lipinski definition) is 2. The lowest BCUT2D eigenvalue weighted by molar-refractivity contribution is -0.119. The number of ether oxygens (including phenoxy) is 2. The van der Waals surface area contributed by atoms with Crippen molar-refractivity contribution in [2.24, 2.45) is 0 Å². The fraction of sp³-hybridized carbons (Fsp3) is 0.286. The Hall–Kier alpha value is -2.35. The minimum atomic E-state index is -0.406. The van der Waals surface area contributed by atoms with E-state index < -0.39 is 5.97 Å². The lowest BCUT2D eigenvalue weighted by atomic mass is 10.2. The zero-order valence-corrected chi connectivity index (χ0v) is 18.7. The SMILES string of the molecule is CCCOC(=O)c1cccc(NC(=S)NC(=O)CCCOc2ccc(Cl)cc2Cl)c1. The van der Waals surface area contributed by atoms with Gasteiger partial charge < -0.3 is 20.1 Å². The second-order valence-electron chi connectivity index (χ2n) is 6.25. The number of hydrogen-bond acceptors (Lipinski definition) is 5. The Morgan fingerprint density at radius 2 is 1.90 bits per heavy atom. The number of esters is 1. The highest BCUT2D eigenvalue weighted by molar-refractivity contribution is 7.80. The molecule has 2 aromatic carbocycles. The number of carbonyl (C=O) groups excluding carboxylic acids is 2. The van der Waals surface area contributed by atoms with Crippen molar-refractivity contribution in [3.8, 4) is 5.75 Å². The largest absolute Gasteiger partial charge is 0.492 e. The minimum absolute atomic E-state index is 0.140. The van der Waals surface area contributed by atoms with E-state index in [1.165, 1.54) is 0 Å². The molecule has 0 radical (unpaired) electrons. The van der Waals surface area contributed by atoms with Crippen LogP contribution in [0.15, 0.2) is 42.5 Å². The van der Waals surface area contributed by atoms with Crippen LogP contribution in [0.1, 0.15) is 36.5 Å². The fourth-order valence-electron chi connectivity index (χ4n) is 2.36. The summed E-state index contributed by atoms with van der Waals surface area (Å²) in [5.41, 5.74) is 0.979. The maximum Gasteiger partial charge on any atom is 0.338 e. The van der Waals surface area contributed by atoms with Gasteiger partial charge in [-0.15, -0.1) is 0 Å². The lowest BCUT2D eigenvalue weighted by Gasteiger charge is -2.11. The molecular weight excluding hydrogens is 447 g/mol. The molecule has 1 amide bonds. The summed E-state index contributed by atoms with van der Waals surface area (Å²) in [5.74, 6) is -0.149. The molecule has 0 atom stereocenters. The normalized spacial score (nSPS) is 10.2. The molecule has 0 aliphatic carbocycles. The molecular formula is C21H22Cl2N2O4S. The van der Waals surface area contributed by atoms with Gasteiger partial charge in [0.1, 0.15) is 5.75 Å². The lowest BCUT2D eigenvalue weighted by Crippen LogP contribution is -2.34. The van der Waals surface area contributed by atoms with E-state index in [4.69, 9.17) is 44.9 Å². The van der Waals surface area contributed by atoms with E-state index in [2.05, 4.69) is 10.6 Å². The van der Waals surface area contributed by atoms with Crippen LogP contribution in [-0.4, -0.2) is 30.2 Å². The predicted octanol–water partition coefficient (Wildman–Crippen LogP) is 5.23. The molecule has 2 N–H and O–H groups in total. The molecule has 2 rings (SSSR count). The van der Waals surface area contributed by atoms with Gasteiger partial charge in [0.2, 0.25) is 5.91 Å². The maximum atomic E-state index is 12.0. The van der Waals surface area contributed by atoms with Gasteiger partial charge in [-0.25, -0.2) is 4.79 Å². The molecule has 0 heterocycles. The molecule has 0 aliphatic heterocycles. The van der Waals surface area contributed by atoms with Crippen molar-refractivity contribution in [3.63, 3.8) is 0 Å². The Balaban J connectivity index is 1.74. The molecule has 6 nitrogen and oxygen atoms in total. The Morgan fingerprint density at radius 1 is 1.10 bits per heavy atom. The molecule has 30 heavy (non-hydrogen) atoms. The highest BCUT2D eigenvalue weighted by atomic mass is 35.5. The van der Waals surface area contributed by atoms with Crippen molar-refractivity contribution in [2.75, 3.05) is 18.5 Å². The quantitative estimate of drug-likeness (QED) is 0.298. The molecule has 0 aromatic heterocycles. The molecule has 0 bridgehead atoms. The highest BCUT2D eigenvalue weighted by Crippen LogP contribution is 2.27. The summed E-state index contributed by atoms with van der Waals surface area (Å²) in [6.07, 6.45) is 1.44. The number of anilines is 1. The maximum absolute atomic E-state index is 12.0. The van der Waals surface area contributed by atoms with Crippen molar-refractivity contribution in [3.05, 3.63) is 58.1 Å². The van der Waals surface area contributed by atoms with Gasteiger partial charge in [-0.2, -0.15) is 0 Å². The standard InChI is InChI=1S/C21H22Cl2N2O4S/c1-2-10-29-20(27)14-5-3-6-16(12-14)24-21(30)25-19(26)7-4-11-28-18-9-8-15(22)13-17(18)23/h3,5-6,8-9,12-13H,2,4,7,10-11H2,1H3,(H2,24,25,26,30). The molecule has 0 saturated carbocycles. The van der Waals surface area contributed by atoms with Crippen LogP contribution in [0.4, 0.5) is 5.69 Å². The molecule has 0 aliphatic rings. The molecule has 9 heteroatoms.